The molecule has 0 heterocycles. The molecule has 0 aliphatic rings. The number of rotatable bonds is 5. The second-order valence-electron chi connectivity index (χ2n) is 5.27. The zero-order valence-electron chi connectivity index (χ0n) is 12.8. The molecule has 0 aromatic heterocycles. The molecule has 0 bridgehead atoms. The number of carboxylic acids is 1. The molecule has 4 heteroatoms. The Balaban J connectivity index is 1.80. The highest BCUT2D eigenvalue weighted by atomic mass is 19.1. The summed E-state index contributed by atoms with van der Waals surface area (Å²) in [5, 5.41) is 9.21. The van der Waals surface area contributed by atoms with E-state index in [1.165, 1.54) is 6.07 Å². The fraction of sp³-hybridized carbons (Fsp3) is 0.0500. The van der Waals surface area contributed by atoms with Crippen LogP contribution < -0.4 is 4.74 Å². The number of benzene rings is 3. The molecule has 3 nitrogen and oxygen atoms in total. The SMILES string of the molecule is O=C(O)c1c(F)cccc1-c1ccc(OCc2ccccc2)cc1. The number of aromatic carboxylic acids is 1. The highest BCUT2D eigenvalue weighted by Gasteiger charge is 2.16. The lowest BCUT2D eigenvalue weighted by atomic mass is 9.99. The van der Waals surface area contributed by atoms with Gasteiger partial charge in [0.1, 0.15) is 23.7 Å². The fourth-order valence-corrected chi connectivity index (χ4v) is 2.45. The third-order valence-corrected chi connectivity index (χ3v) is 3.64. The molecule has 0 saturated carbocycles. The van der Waals surface area contributed by atoms with E-state index in [9.17, 15) is 14.3 Å². The van der Waals surface area contributed by atoms with Gasteiger partial charge in [-0.3, -0.25) is 0 Å². The lowest BCUT2D eigenvalue weighted by Gasteiger charge is -2.09. The van der Waals surface area contributed by atoms with E-state index in [4.69, 9.17) is 4.74 Å². The van der Waals surface area contributed by atoms with Crippen LogP contribution in [0.3, 0.4) is 0 Å². The van der Waals surface area contributed by atoms with Crippen LogP contribution in [0.5, 0.6) is 5.75 Å². The number of ether oxygens (including phenoxy) is 1. The van der Waals surface area contributed by atoms with Crippen molar-refractivity contribution in [3.63, 3.8) is 0 Å². The Morgan fingerprint density at radius 3 is 2.29 bits per heavy atom. The first-order chi connectivity index (χ1) is 11.6. The van der Waals surface area contributed by atoms with Gasteiger partial charge in [-0.2, -0.15) is 0 Å². The van der Waals surface area contributed by atoms with Crippen LogP contribution in [-0.2, 0) is 6.61 Å². The third kappa shape index (κ3) is 3.43. The van der Waals surface area contributed by atoms with Crippen molar-refractivity contribution < 1.29 is 19.0 Å². The Morgan fingerprint density at radius 2 is 1.62 bits per heavy atom. The zero-order chi connectivity index (χ0) is 16.9. The van der Waals surface area contributed by atoms with Crippen molar-refractivity contribution in [2.24, 2.45) is 0 Å². The van der Waals surface area contributed by atoms with Gasteiger partial charge < -0.3 is 9.84 Å². The minimum absolute atomic E-state index is 0.324. The van der Waals surface area contributed by atoms with Crippen molar-refractivity contribution >= 4 is 5.97 Å². The van der Waals surface area contributed by atoms with Crippen LogP contribution in [-0.4, -0.2) is 11.1 Å². The molecule has 3 rings (SSSR count). The minimum atomic E-state index is -1.28. The molecule has 0 spiro atoms. The average molecular weight is 322 g/mol. The summed E-state index contributed by atoms with van der Waals surface area (Å²) >= 11 is 0. The Labute approximate surface area is 139 Å². The highest BCUT2D eigenvalue weighted by molar-refractivity contribution is 5.96. The zero-order valence-corrected chi connectivity index (χ0v) is 12.8. The molecule has 3 aromatic rings. The van der Waals surface area contributed by atoms with E-state index >= 15 is 0 Å². The average Bonchev–Trinajstić information content (AvgIpc) is 2.61. The quantitative estimate of drug-likeness (QED) is 0.736. The van der Waals surface area contributed by atoms with Crippen molar-refractivity contribution in [3.8, 4) is 16.9 Å². The van der Waals surface area contributed by atoms with Gasteiger partial charge in [-0.15, -0.1) is 0 Å². The summed E-state index contributed by atoms with van der Waals surface area (Å²) in [7, 11) is 0. The van der Waals surface area contributed by atoms with Crippen LogP contribution >= 0.6 is 0 Å². The Hall–Kier alpha value is -3.14. The molecular formula is C20H15FO3. The predicted octanol–water partition coefficient (Wildman–Crippen LogP) is 4.77. The molecule has 0 amide bonds. The molecule has 0 radical (unpaired) electrons. The van der Waals surface area contributed by atoms with Crippen molar-refractivity contribution in [2.45, 2.75) is 6.61 Å². The summed E-state index contributed by atoms with van der Waals surface area (Å²) < 4.78 is 19.5. The normalized spacial score (nSPS) is 10.4. The van der Waals surface area contributed by atoms with E-state index in [0.29, 0.717) is 23.5 Å². The molecule has 1 N–H and O–H groups in total. The third-order valence-electron chi connectivity index (χ3n) is 3.64. The van der Waals surface area contributed by atoms with E-state index in [0.717, 1.165) is 11.6 Å². The highest BCUT2D eigenvalue weighted by Crippen LogP contribution is 2.27. The monoisotopic (exact) mass is 322 g/mol. The van der Waals surface area contributed by atoms with Gasteiger partial charge in [0.2, 0.25) is 0 Å². The van der Waals surface area contributed by atoms with Crippen molar-refractivity contribution in [1.29, 1.82) is 0 Å². The predicted molar refractivity (Wildman–Crippen MR) is 89.6 cm³/mol. The fourth-order valence-electron chi connectivity index (χ4n) is 2.45. The van der Waals surface area contributed by atoms with E-state index < -0.39 is 11.8 Å². The molecular weight excluding hydrogens is 307 g/mol. The van der Waals surface area contributed by atoms with E-state index in [1.807, 2.05) is 30.3 Å². The van der Waals surface area contributed by atoms with Crippen molar-refractivity contribution in [2.75, 3.05) is 0 Å². The Morgan fingerprint density at radius 1 is 0.917 bits per heavy atom. The number of hydrogen-bond acceptors (Lipinski definition) is 2. The largest absolute Gasteiger partial charge is 0.489 e. The van der Waals surface area contributed by atoms with Crippen LogP contribution in [0.25, 0.3) is 11.1 Å². The number of halogens is 1. The molecule has 0 fully saturated rings. The summed E-state index contributed by atoms with van der Waals surface area (Å²) in [5.41, 5.74) is 1.70. The van der Waals surface area contributed by atoms with Gasteiger partial charge in [0.15, 0.2) is 0 Å². The second-order valence-corrected chi connectivity index (χ2v) is 5.27. The van der Waals surface area contributed by atoms with Gasteiger partial charge >= 0.3 is 5.97 Å². The molecule has 0 aliphatic heterocycles. The minimum Gasteiger partial charge on any atom is -0.489 e. The molecule has 3 aromatic carbocycles. The standard InChI is InChI=1S/C20H15FO3/c21-18-8-4-7-17(19(18)20(22)23)15-9-11-16(12-10-15)24-13-14-5-2-1-3-6-14/h1-12H,13H2,(H,22,23). The van der Waals surface area contributed by atoms with Crippen molar-refractivity contribution in [3.05, 3.63) is 89.7 Å². The Kier molecular flexibility index (Phi) is 4.57. The van der Waals surface area contributed by atoms with E-state index in [-0.39, 0.29) is 5.56 Å². The van der Waals surface area contributed by atoms with Crippen LogP contribution in [0.4, 0.5) is 4.39 Å². The van der Waals surface area contributed by atoms with Gasteiger partial charge in [-0.25, -0.2) is 9.18 Å². The number of hydrogen-bond donors (Lipinski definition) is 1. The first kappa shape index (κ1) is 15.7. The molecule has 120 valence electrons. The smallest absolute Gasteiger partial charge is 0.339 e. The number of carboxylic acid groups (broad SMARTS) is 1. The maximum absolute atomic E-state index is 13.8. The summed E-state index contributed by atoms with van der Waals surface area (Å²) in [6.45, 7) is 0.445. The topological polar surface area (TPSA) is 46.5 Å². The molecule has 0 aliphatic carbocycles. The number of carbonyl (C=O) groups is 1. The second kappa shape index (κ2) is 6.96. The maximum atomic E-state index is 13.8. The van der Waals surface area contributed by atoms with Gasteiger partial charge in [-0.1, -0.05) is 54.6 Å². The molecule has 24 heavy (non-hydrogen) atoms. The first-order valence-electron chi connectivity index (χ1n) is 7.44. The summed E-state index contributed by atoms with van der Waals surface area (Å²) in [6.07, 6.45) is 0. The summed E-state index contributed by atoms with van der Waals surface area (Å²) in [6, 6.07) is 20.9. The van der Waals surface area contributed by atoms with Crippen molar-refractivity contribution in [1.82, 2.24) is 0 Å². The van der Waals surface area contributed by atoms with Gasteiger partial charge in [0.05, 0.1) is 0 Å². The Bertz CT molecular complexity index is 843. The summed E-state index contributed by atoms with van der Waals surface area (Å²) in [4.78, 5) is 11.3. The van der Waals surface area contributed by atoms with Gasteiger partial charge in [0, 0.05) is 0 Å². The van der Waals surface area contributed by atoms with Crippen LogP contribution in [0, 0.1) is 5.82 Å². The van der Waals surface area contributed by atoms with Crippen LogP contribution in [0.1, 0.15) is 15.9 Å². The van der Waals surface area contributed by atoms with Crippen LogP contribution in [0.2, 0.25) is 0 Å². The van der Waals surface area contributed by atoms with Gasteiger partial charge in [0.25, 0.3) is 0 Å². The maximum Gasteiger partial charge on any atom is 0.339 e. The molecule has 0 saturated heterocycles. The molecule has 0 unspecified atom stereocenters. The lowest BCUT2D eigenvalue weighted by Crippen LogP contribution is -2.03. The van der Waals surface area contributed by atoms with Crippen LogP contribution in [0.15, 0.2) is 72.8 Å². The van der Waals surface area contributed by atoms with Gasteiger partial charge in [-0.05, 0) is 34.9 Å². The molecule has 0 atom stereocenters. The van der Waals surface area contributed by atoms with E-state index in [2.05, 4.69) is 0 Å². The first-order valence-corrected chi connectivity index (χ1v) is 7.44. The lowest BCUT2D eigenvalue weighted by molar-refractivity contribution is 0.0693. The summed E-state index contributed by atoms with van der Waals surface area (Å²) in [5.74, 6) is -1.37. The van der Waals surface area contributed by atoms with E-state index in [1.54, 1.807) is 30.3 Å².